The number of aliphatic imine (C=N–C) groups is 1. The highest BCUT2D eigenvalue weighted by molar-refractivity contribution is 14.0. The number of carbonyl (C=O) groups excluding carboxylic acids is 1. The van der Waals surface area contributed by atoms with Crippen LogP contribution in [-0.4, -0.2) is 44.8 Å². The Labute approximate surface area is 207 Å². The topological polar surface area (TPSA) is 84.0 Å². The van der Waals surface area contributed by atoms with Crippen LogP contribution in [0.15, 0.2) is 47.5 Å². The minimum atomic E-state index is -0.0635. The molecule has 0 radical (unpaired) electrons. The summed E-state index contributed by atoms with van der Waals surface area (Å²) in [7, 11) is 1.74. The first-order chi connectivity index (χ1) is 15.1. The molecule has 2 aromatic rings. The number of guanidine groups is 1. The van der Waals surface area contributed by atoms with Gasteiger partial charge in [0.2, 0.25) is 0 Å². The van der Waals surface area contributed by atoms with E-state index in [1.807, 2.05) is 31.2 Å². The van der Waals surface area contributed by atoms with Crippen molar-refractivity contribution in [2.45, 2.75) is 39.5 Å². The van der Waals surface area contributed by atoms with Gasteiger partial charge < -0.3 is 25.4 Å². The van der Waals surface area contributed by atoms with Crippen molar-refractivity contribution < 1.29 is 14.3 Å². The van der Waals surface area contributed by atoms with E-state index in [2.05, 4.69) is 46.1 Å². The van der Waals surface area contributed by atoms with Gasteiger partial charge in [-0.25, -0.2) is 0 Å². The third kappa shape index (κ3) is 7.67. The van der Waals surface area contributed by atoms with Gasteiger partial charge in [0, 0.05) is 44.2 Å². The summed E-state index contributed by atoms with van der Waals surface area (Å²) >= 11 is 0. The van der Waals surface area contributed by atoms with Crippen molar-refractivity contribution in [1.82, 2.24) is 16.0 Å². The molecule has 3 N–H and O–H groups in total. The molecule has 0 aliphatic carbocycles. The maximum Gasteiger partial charge on any atom is 0.251 e. The molecule has 1 fully saturated rings. The number of aryl methyl sites for hydroxylation is 1. The first-order valence-corrected chi connectivity index (χ1v) is 10.7. The molecule has 0 bridgehead atoms. The van der Waals surface area contributed by atoms with Crippen molar-refractivity contribution in [3.8, 4) is 5.75 Å². The van der Waals surface area contributed by atoms with E-state index in [1.54, 1.807) is 7.05 Å². The molecule has 1 amide bonds. The Bertz CT molecular complexity index is 914. The van der Waals surface area contributed by atoms with Gasteiger partial charge in [0.1, 0.15) is 11.9 Å². The number of hydrogen-bond donors (Lipinski definition) is 3. The Hall–Kier alpha value is -2.33. The van der Waals surface area contributed by atoms with E-state index >= 15 is 0 Å². The fraction of sp³-hybridized carbons (Fsp3) is 0.417. The number of carbonyl (C=O) groups is 1. The average Bonchev–Trinajstić information content (AvgIpc) is 3.28. The van der Waals surface area contributed by atoms with Gasteiger partial charge in [-0.05, 0) is 43.2 Å². The fourth-order valence-corrected chi connectivity index (χ4v) is 3.37. The van der Waals surface area contributed by atoms with Crippen molar-refractivity contribution in [3.05, 3.63) is 64.7 Å². The second-order valence-electron chi connectivity index (χ2n) is 7.55. The second kappa shape index (κ2) is 13.3. The highest BCUT2D eigenvalue weighted by atomic mass is 127. The Morgan fingerprint density at radius 3 is 2.69 bits per heavy atom. The molecule has 3 rings (SSSR count). The maximum atomic E-state index is 12.0. The zero-order valence-corrected chi connectivity index (χ0v) is 21.3. The van der Waals surface area contributed by atoms with Crippen LogP contribution in [-0.2, 0) is 17.8 Å². The van der Waals surface area contributed by atoms with Crippen LogP contribution in [0.2, 0.25) is 0 Å². The summed E-state index contributed by atoms with van der Waals surface area (Å²) in [5, 5.41) is 9.47. The molecule has 7 nitrogen and oxygen atoms in total. The molecule has 2 aromatic carbocycles. The van der Waals surface area contributed by atoms with E-state index in [-0.39, 0.29) is 36.0 Å². The number of halogens is 1. The minimum absolute atomic E-state index is 0. The van der Waals surface area contributed by atoms with E-state index in [4.69, 9.17) is 9.47 Å². The van der Waals surface area contributed by atoms with Crippen LogP contribution >= 0.6 is 24.0 Å². The summed E-state index contributed by atoms with van der Waals surface area (Å²) in [5.41, 5.74) is 3.89. The van der Waals surface area contributed by atoms with E-state index in [9.17, 15) is 4.79 Å². The van der Waals surface area contributed by atoms with Crippen molar-refractivity contribution in [2.24, 2.45) is 4.99 Å². The Morgan fingerprint density at radius 1 is 1.16 bits per heavy atom. The lowest BCUT2D eigenvalue weighted by atomic mass is 10.1. The summed E-state index contributed by atoms with van der Waals surface area (Å²) in [6, 6.07) is 13.8. The van der Waals surface area contributed by atoms with E-state index < -0.39 is 0 Å². The van der Waals surface area contributed by atoms with Gasteiger partial charge in [-0.1, -0.05) is 24.3 Å². The minimum Gasteiger partial charge on any atom is -0.488 e. The number of rotatable bonds is 8. The molecule has 1 heterocycles. The Morgan fingerprint density at radius 2 is 1.97 bits per heavy atom. The first kappa shape index (κ1) is 25.9. The molecule has 1 saturated heterocycles. The first-order valence-electron chi connectivity index (χ1n) is 10.7. The molecule has 174 valence electrons. The van der Waals surface area contributed by atoms with Crippen LogP contribution in [0.1, 0.15) is 40.4 Å². The third-order valence-corrected chi connectivity index (χ3v) is 5.06. The molecule has 0 aromatic heterocycles. The Kier molecular flexibility index (Phi) is 10.8. The highest BCUT2D eigenvalue weighted by Gasteiger charge is 2.18. The molecule has 0 spiro atoms. The normalized spacial score (nSPS) is 15.6. The van der Waals surface area contributed by atoms with Crippen LogP contribution in [0.4, 0.5) is 0 Å². The molecule has 1 aliphatic rings. The van der Waals surface area contributed by atoms with Gasteiger partial charge in [0.25, 0.3) is 5.91 Å². The van der Waals surface area contributed by atoms with Gasteiger partial charge in [0.15, 0.2) is 5.96 Å². The van der Waals surface area contributed by atoms with Crippen LogP contribution in [0.5, 0.6) is 5.75 Å². The highest BCUT2D eigenvalue weighted by Crippen LogP contribution is 2.23. The molecule has 1 aliphatic heterocycles. The lowest BCUT2D eigenvalue weighted by Crippen LogP contribution is -2.36. The van der Waals surface area contributed by atoms with Gasteiger partial charge >= 0.3 is 0 Å². The quantitative estimate of drug-likeness (QED) is 0.266. The fourth-order valence-electron chi connectivity index (χ4n) is 3.37. The number of nitrogens with zero attached hydrogens (tertiary/aromatic N) is 1. The predicted octanol–water partition coefficient (Wildman–Crippen LogP) is 3.40. The summed E-state index contributed by atoms with van der Waals surface area (Å²) in [6.07, 6.45) is 1.02. The van der Waals surface area contributed by atoms with Gasteiger partial charge in [-0.3, -0.25) is 9.79 Å². The second-order valence-corrected chi connectivity index (χ2v) is 7.55. The van der Waals surface area contributed by atoms with Crippen LogP contribution in [0, 0.1) is 6.92 Å². The Balaban J connectivity index is 0.00000363. The van der Waals surface area contributed by atoms with Crippen molar-refractivity contribution in [3.63, 3.8) is 0 Å². The number of benzene rings is 2. The van der Waals surface area contributed by atoms with E-state index in [0.29, 0.717) is 37.8 Å². The van der Waals surface area contributed by atoms with Crippen molar-refractivity contribution in [1.29, 1.82) is 0 Å². The van der Waals surface area contributed by atoms with Crippen molar-refractivity contribution in [2.75, 3.05) is 26.8 Å². The lowest BCUT2D eigenvalue weighted by molar-refractivity contribution is 0.0955. The van der Waals surface area contributed by atoms with Crippen molar-refractivity contribution >= 4 is 35.8 Å². The monoisotopic (exact) mass is 552 g/mol. The van der Waals surface area contributed by atoms with Crippen LogP contribution in [0.3, 0.4) is 0 Å². The summed E-state index contributed by atoms with van der Waals surface area (Å²) < 4.78 is 11.6. The van der Waals surface area contributed by atoms with E-state index in [1.165, 1.54) is 0 Å². The van der Waals surface area contributed by atoms with Gasteiger partial charge in [-0.15, -0.1) is 24.0 Å². The zero-order chi connectivity index (χ0) is 22.1. The summed E-state index contributed by atoms with van der Waals surface area (Å²) in [6.45, 7) is 7.11. The molecule has 1 unspecified atom stereocenters. The molecule has 0 saturated carbocycles. The van der Waals surface area contributed by atoms with Gasteiger partial charge in [0.05, 0.1) is 13.2 Å². The molecular weight excluding hydrogens is 519 g/mol. The number of amides is 1. The molecular formula is C24H33IN4O3. The number of nitrogens with one attached hydrogen (secondary N) is 3. The lowest BCUT2D eigenvalue weighted by Gasteiger charge is -2.18. The predicted molar refractivity (Wildman–Crippen MR) is 138 cm³/mol. The largest absolute Gasteiger partial charge is 0.488 e. The maximum absolute atomic E-state index is 12.0. The standard InChI is InChI=1S/C24H32N4O3.HI/c1-4-26-23(29)19-7-5-6-18(13-19)14-27-24(25-3)28-15-20-9-8-17(2)12-22(20)31-21-10-11-30-16-21;/h5-9,12-13,21H,4,10-11,14-16H2,1-3H3,(H,26,29)(H2,25,27,28);1H. The molecule has 32 heavy (non-hydrogen) atoms. The average molecular weight is 552 g/mol. The summed E-state index contributed by atoms with van der Waals surface area (Å²) in [4.78, 5) is 16.4. The molecule has 8 heteroatoms. The number of ether oxygens (including phenoxy) is 2. The third-order valence-electron chi connectivity index (χ3n) is 5.06. The number of hydrogen-bond acceptors (Lipinski definition) is 4. The van der Waals surface area contributed by atoms with E-state index in [0.717, 1.165) is 35.5 Å². The van der Waals surface area contributed by atoms with Crippen LogP contribution in [0.25, 0.3) is 0 Å². The van der Waals surface area contributed by atoms with Crippen LogP contribution < -0.4 is 20.7 Å². The summed E-state index contributed by atoms with van der Waals surface area (Å²) in [5.74, 6) is 1.50. The van der Waals surface area contributed by atoms with Gasteiger partial charge in [-0.2, -0.15) is 0 Å². The molecule has 1 atom stereocenters. The zero-order valence-electron chi connectivity index (χ0n) is 18.9. The smallest absolute Gasteiger partial charge is 0.251 e. The SMILES string of the molecule is CCNC(=O)c1cccc(CNC(=NC)NCc2ccc(C)cc2OC2CCOC2)c1.I.